The molecule has 0 spiro atoms. The number of nitrogens with one attached hydrogen (secondary N) is 1. The van der Waals surface area contributed by atoms with Gasteiger partial charge in [0.25, 0.3) is 0 Å². The summed E-state index contributed by atoms with van der Waals surface area (Å²) in [6, 6.07) is 3.70. The number of rotatable bonds is 7. The van der Waals surface area contributed by atoms with Crippen LogP contribution in [0.15, 0.2) is 12.1 Å². The van der Waals surface area contributed by atoms with Crippen LogP contribution < -0.4 is 5.32 Å². The highest BCUT2D eigenvalue weighted by atomic mass is 35.5. The van der Waals surface area contributed by atoms with Crippen molar-refractivity contribution in [3.05, 3.63) is 21.3 Å². The van der Waals surface area contributed by atoms with Gasteiger partial charge in [-0.3, -0.25) is 0 Å². The summed E-state index contributed by atoms with van der Waals surface area (Å²) < 4.78 is 23.9. The fraction of sp³-hybridized carbons (Fsp3) is 0.692. The van der Waals surface area contributed by atoms with Crippen LogP contribution in [-0.4, -0.2) is 32.0 Å². The Kier molecular flexibility index (Phi) is 5.86. The molecule has 1 N–H and O–H groups in total. The van der Waals surface area contributed by atoms with Gasteiger partial charge in [-0.25, -0.2) is 8.42 Å². The van der Waals surface area contributed by atoms with Gasteiger partial charge in [0.1, 0.15) is 0 Å². The van der Waals surface area contributed by atoms with Gasteiger partial charge in [0.15, 0.2) is 9.84 Å². The summed E-state index contributed by atoms with van der Waals surface area (Å²) >= 11 is 7.44. The van der Waals surface area contributed by atoms with Crippen molar-refractivity contribution in [3.63, 3.8) is 0 Å². The predicted octanol–water partition coefficient (Wildman–Crippen LogP) is 3.14. The molecule has 0 aromatic carbocycles. The van der Waals surface area contributed by atoms with E-state index >= 15 is 0 Å². The van der Waals surface area contributed by atoms with E-state index in [1.54, 1.807) is 13.8 Å². The SMILES string of the molecule is CCCNC(Cc1ccc(Cl)s1)C(C)(C)S(C)(=O)=O. The third kappa shape index (κ3) is 4.45. The van der Waals surface area contributed by atoms with Crippen LogP contribution in [0.5, 0.6) is 0 Å². The summed E-state index contributed by atoms with van der Waals surface area (Å²) in [7, 11) is -3.14. The van der Waals surface area contributed by atoms with Gasteiger partial charge in [0.05, 0.1) is 9.08 Å². The molecule has 1 heterocycles. The summed E-state index contributed by atoms with van der Waals surface area (Å²) in [5, 5.41) is 3.36. The zero-order chi connectivity index (χ0) is 14.7. The molecular weight excluding hydrogens is 302 g/mol. The Bertz CT molecular complexity index is 508. The molecule has 0 aliphatic carbocycles. The number of sulfone groups is 1. The van der Waals surface area contributed by atoms with Crippen molar-refractivity contribution in [2.75, 3.05) is 12.8 Å². The summed E-state index contributed by atoms with van der Waals surface area (Å²) in [5.74, 6) is 0. The molecule has 0 saturated carbocycles. The highest BCUT2D eigenvalue weighted by molar-refractivity contribution is 7.92. The Hall–Kier alpha value is -0.100. The van der Waals surface area contributed by atoms with Gasteiger partial charge < -0.3 is 5.32 Å². The second-order valence-corrected chi connectivity index (χ2v) is 9.69. The van der Waals surface area contributed by atoms with Crippen LogP contribution in [0, 0.1) is 0 Å². The van der Waals surface area contributed by atoms with Crippen LogP contribution in [0.1, 0.15) is 32.1 Å². The van der Waals surface area contributed by atoms with Crippen molar-refractivity contribution in [2.45, 2.75) is 44.4 Å². The molecule has 0 amide bonds. The monoisotopic (exact) mass is 323 g/mol. The summed E-state index contributed by atoms with van der Waals surface area (Å²) in [5.41, 5.74) is 0. The maximum Gasteiger partial charge on any atom is 0.154 e. The van der Waals surface area contributed by atoms with Gasteiger partial charge >= 0.3 is 0 Å². The molecule has 1 unspecified atom stereocenters. The van der Waals surface area contributed by atoms with E-state index < -0.39 is 14.6 Å². The predicted molar refractivity (Wildman–Crippen MR) is 84.0 cm³/mol. The lowest BCUT2D eigenvalue weighted by Crippen LogP contribution is -2.52. The molecule has 3 nitrogen and oxygen atoms in total. The van der Waals surface area contributed by atoms with E-state index in [1.165, 1.54) is 17.6 Å². The average molecular weight is 324 g/mol. The summed E-state index contributed by atoms with van der Waals surface area (Å²) in [4.78, 5) is 1.11. The first-order valence-electron chi connectivity index (χ1n) is 6.35. The minimum Gasteiger partial charge on any atom is -0.312 e. The van der Waals surface area contributed by atoms with Gasteiger partial charge in [-0.1, -0.05) is 18.5 Å². The Balaban J connectivity index is 2.94. The van der Waals surface area contributed by atoms with Crippen molar-refractivity contribution < 1.29 is 8.42 Å². The Morgan fingerprint density at radius 1 is 1.42 bits per heavy atom. The van der Waals surface area contributed by atoms with E-state index in [-0.39, 0.29) is 6.04 Å². The Morgan fingerprint density at radius 3 is 2.47 bits per heavy atom. The molecule has 19 heavy (non-hydrogen) atoms. The van der Waals surface area contributed by atoms with Crippen molar-refractivity contribution in [1.29, 1.82) is 0 Å². The lowest BCUT2D eigenvalue weighted by Gasteiger charge is -2.33. The van der Waals surface area contributed by atoms with E-state index in [0.717, 1.165) is 22.2 Å². The van der Waals surface area contributed by atoms with Crippen LogP contribution in [0.25, 0.3) is 0 Å². The number of thiophene rings is 1. The first kappa shape index (κ1) is 17.0. The third-order valence-electron chi connectivity index (χ3n) is 3.47. The van der Waals surface area contributed by atoms with Gasteiger partial charge in [-0.15, -0.1) is 11.3 Å². The topological polar surface area (TPSA) is 46.2 Å². The molecule has 1 atom stereocenters. The first-order chi connectivity index (χ1) is 8.68. The lowest BCUT2D eigenvalue weighted by molar-refractivity contribution is 0.408. The van der Waals surface area contributed by atoms with Crippen molar-refractivity contribution in [1.82, 2.24) is 5.32 Å². The van der Waals surface area contributed by atoms with E-state index in [1.807, 2.05) is 12.1 Å². The van der Waals surface area contributed by atoms with E-state index in [2.05, 4.69) is 12.2 Å². The first-order valence-corrected chi connectivity index (χ1v) is 9.44. The van der Waals surface area contributed by atoms with Crippen molar-refractivity contribution >= 4 is 32.8 Å². The molecule has 0 bridgehead atoms. The Labute approximate surface area is 125 Å². The maximum atomic E-state index is 12.0. The molecular formula is C13H22ClNO2S2. The van der Waals surface area contributed by atoms with Crippen LogP contribution in [0.2, 0.25) is 4.34 Å². The highest BCUT2D eigenvalue weighted by Gasteiger charge is 2.38. The molecule has 1 aromatic rings. The van der Waals surface area contributed by atoms with E-state index in [4.69, 9.17) is 11.6 Å². The van der Waals surface area contributed by atoms with Gasteiger partial charge in [0, 0.05) is 17.2 Å². The fourth-order valence-corrected chi connectivity index (χ4v) is 3.62. The molecule has 0 aliphatic rings. The molecule has 0 saturated heterocycles. The smallest absolute Gasteiger partial charge is 0.154 e. The largest absolute Gasteiger partial charge is 0.312 e. The standard InChI is InChI=1S/C13H22ClNO2S2/c1-5-8-15-11(13(2,3)19(4,16)17)9-10-6-7-12(14)18-10/h6-7,11,15H,5,8-9H2,1-4H3. The molecule has 0 fully saturated rings. The number of halogens is 1. The third-order valence-corrected chi connectivity index (χ3v) is 6.92. The van der Waals surface area contributed by atoms with E-state index in [0.29, 0.717) is 6.42 Å². The molecule has 6 heteroatoms. The molecule has 0 radical (unpaired) electrons. The van der Waals surface area contributed by atoms with Crippen molar-refractivity contribution in [3.8, 4) is 0 Å². The lowest BCUT2D eigenvalue weighted by atomic mass is 9.99. The minimum absolute atomic E-state index is 0.114. The molecule has 0 aliphatic heterocycles. The normalized spacial score (nSPS) is 14.6. The second kappa shape index (κ2) is 6.57. The van der Waals surface area contributed by atoms with Crippen LogP contribution in [0.4, 0.5) is 0 Å². The second-order valence-electron chi connectivity index (χ2n) is 5.29. The molecule has 1 rings (SSSR count). The zero-order valence-corrected chi connectivity index (χ0v) is 14.3. The summed E-state index contributed by atoms with van der Waals surface area (Å²) in [6.07, 6.45) is 2.95. The fourth-order valence-electron chi connectivity index (χ4n) is 1.80. The summed E-state index contributed by atoms with van der Waals surface area (Å²) in [6.45, 7) is 6.44. The molecule has 110 valence electrons. The van der Waals surface area contributed by atoms with Gasteiger partial charge in [0.2, 0.25) is 0 Å². The number of hydrogen-bond acceptors (Lipinski definition) is 4. The van der Waals surface area contributed by atoms with Gasteiger partial charge in [-0.05, 0) is 45.4 Å². The highest BCUT2D eigenvalue weighted by Crippen LogP contribution is 2.28. The minimum atomic E-state index is -3.14. The van der Waals surface area contributed by atoms with Crippen LogP contribution >= 0.6 is 22.9 Å². The average Bonchev–Trinajstić information content (AvgIpc) is 2.68. The number of hydrogen-bond donors (Lipinski definition) is 1. The van der Waals surface area contributed by atoms with Crippen LogP contribution in [-0.2, 0) is 16.3 Å². The maximum absolute atomic E-state index is 12.0. The van der Waals surface area contributed by atoms with Crippen molar-refractivity contribution in [2.24, 2.45) is 0 Å². The molecule has 1 aromatic heterocycles. The van der Waals surface area contributed by atoms with E-state index in [9.17, 15) is 8.42 Å². The van der Waals surface area contributed by atoms with Gasteiger partial charge in [-0.2, -0.15) is 0 Å². The quantitative estimate of drug-likeness (QED) is 0.838. The Morgan fingerprint density at radius 2 is 2.05 bits per heavy atom. The zero-order valence-electron chi connectivity index (χ0n) is 11.9. The van der Waals surface area contributed by atoms with Crippen LogP contribution in [0.3, 0.4) is 0 Å².